The molecular weight excluding hydrogens is 753 g/mol. The average Bonchev–Trinajstić information content (AvgIpc) is 3.85. The molecular formula is C58H36N4. The molecule has 0 fully saturated rings. The third kappa shape index (κ3) is 5.33. The number of hydrogen-bond acceptors (Lipinski definition) is 2. The minimum Gasteiger partial charge on any atom is -0.309 e. The van der Waals surface area contributed by atoms with Gasteiger partial charge in [0.2, 0.25) is 0 Å². The molecule has 10 aromatic carbocycles. The third-order valence-corrected chi connectivity index (χ3v) is 12.6. The van der Waals surface area contributed by atoms with Gasteiger partial charge in [0.05, 0.1) is 33.1 Å². The van der Waals surface area contributed by atoms with Crippen molar-refractivity contribution in [2.24, 2.45) is 0 Å². The van der Waals surface area contributed by atoms with Crippen molar-refractivity contribution in [3.63, 3.8) is 0 Å². The summed E-state index contributed by atoms with van der Waals surface area (Å²) in [4.78, 5) is 11.1. The molecule has 0 atom stereocenters. The monoisotopic (exact) mass is 788 g/mol. The van der Waals surface area contributed by atoms with Gasteiger partial charge in [0.25, 0.3) is 0 Å². The summed E-state index contributed by atoms with van der Waals surface area (Å²) in [6, 6.07) is 78.6. The van der Waals surface area contributed by atoms with Crippen LogP contribution in [0.5, 0.6) is 0 Å². The van der Waals surface area contributed by atoms with E-state index in [0.29, 0.717) is 0 Å². The number of nitrogens with zero attached hydrogens (tertiary/aromatic N) is 4. The fourth-order valence-electron chi connectivity index (χ4n) is 9.78. The maximum atomic E-state index is 5.56. The zero-order chi connectivity index (χ0) is 40.7. The molecule has 288 valence electrons. The fraction of sp³-hybridized carbons (Fsp3) is 0. The molecule has 0 saturated carbocycles. The highest BCUT2D eigenvalue weighted by Crippen LogP contribution is 2.42. The number of aromatic nitrogens is 4. The second-order valence-electron chi connectivity index (χ2n) is 16.2. The van der Waals surface area contributed by atoms with E-state index < -0.39 is 0 Å². The maximum absolute atomic E-state index is 5.56. The van der Waals surface area contributed by atoms with Crippen molar-refractivity contribution < 1.29 is 0 Å². The van der Waals surface area contributed by atoms with Crippen LogP contribution >= 0.6 is 0 Å². The Kier molecular flexibility index (Phi) is 7.57. The summed E-state index contributed by atoms with van der Waals surface area (Å²) < 4.78 is 4.79. The number of fused-ring (bicyclic) bond motifs is 10. The van der Waals surface area contributed by atoms with Crippen LogP contribution in [0.4, 0.5) is 0 Å². The van der Waals surface area contributed by atoms with Crippen molar-refractivity contribution in [2.45, 2.75) is 0 Å². The SMILES string of the molecule is c1ccc(-c2cc(-c3ccccc3)cc(-c3nc4ccccc4nc3-n3c4ccc(-n5c6ccccc6c6c7ccccc7ccc65)cc4c4cc5ccccc5cc43)c2)cc1. The molecule has 0 bridgehead atoms. The van der Waals surface area contributed by atoms with Crippen LogP contribution in [-0.4, -0.2) is 19.1 Å². The lowest BCUT2D eigenvalue weighted by atomic mass is 9.95. The molecule has 0 aliphatic rings. The smallest absolute Gasteiger partial charge is 0.165 e. The van der Waals surface area contributed by atoms with Crippen LogP contribution in [0.1, 0.15) is 0 Å². The molecule has 0 unspecified atom stereocenters. The van der Waals surface area contributed by atoms with Crippen LogP contribution in [0.2, 0.25) is 0 Å². The van der Waals surface area contributed by atoms with Crippen LogP contribution < -0.4 is 0 Å². The van der Waals surface area contributed by atoms with Crippen LogP contribution in [-0.2, 0) is 0 Å². The molecule has 0 aliphatic carbocycles. The first-order valence-corrected chi connectivity index (χ1v) is 21.2. The standard InChI is InChI=1S/C58H36N4/c1-3-15-37(16-4-1)42-31-43(38-17-5-2-6-18-38)33-44(32-42)57-58(60-51-25-13-12-24-50(51)59-57)62-53-30-28-45(36-49(53)48-34-40-20-7-8-21-41(40)35-55(48)62)61-52-26-14-11-23-47(52)56-46-22-10-9-19-39(46)27-29-54(56)61/h1-36H. The van der Waals surface area contributed by atoms with E-state index >= 15 is 0 Å². The summed E-state index contributed by atoms with van der Waals surface area (Å²) >= 11 is 0. The first-order chi connectivity index (χ1) is 30.7. The van der Waals surface area contributed by atoms with Gasteiger partial charge in [0.1, 0.15) is 5.69 Å². The first kappa shape index (κ1) is 34.5. The Morgan fingerprint density at radius 1 is 0.290 bits per heavy atom. The Morgan fingerprint density at radius 3 is 1.58 bits per heavy atom. The summed E-state index contributed by atoms with van der Waals surface area (Å²) in [7, 11) is 0. The van der Waals surface area contributed by atoms with Gasteiger partial charge in [-0.25, -0.2) is 9.97 Å². The van der Waals surface area contributed by atoms with Gasteiger partial charge < -0.3 is 4.57 Å². The number of para-hydroxylation sites is 3. The molecule has 13 aromatic rings. The Morgan fingerprint density at radius 2 is 0.839 bits per heavy atom. The minimum atomic E-state index is 0.791. The van der Waals surface area contributed by atoms with Crippen LogP contribution in [0, 0.1) is 0 Å². The second-order valence-corrected chi connectivity index (χ2v) is 16.2. The van der Waals surface area contributed by atoms with E-state index in [1.54, 1.807) is 0 Å². The van der Waals surface area contributed by atoms with Crippen LogP contribution in [0.15, 0.2) is 218 Å². The highest BCUT2D eigenvalue weighted by molar-refractivity contribution is 6.22. The Balaban J connectivity index is 1.12. The lowest BCUT2D eigenvalue weighted by Gasteiger charge is -2.16. The normalized spacial score (nSPS) is 11.9. The Bertz CT molecular complexity index is 3860. The molecule has 4 heteroatoms. The van der Waals surface area contributed by atoms with Crippen molar-refractivity contribution in [1.29, 1.82) is 0 Å². The minimum absolute atomic E-state index is 0.791. The molecule has 3 heterocycles. The first-order valence-electron chi connectivity index (χ1n) is 21.2. The molecule has 3 aromatic heterocycles. The molecule has 0 radical (unpaired) electrons. The molecule has 0 amide bonds. The predicted molar refractivity (Wildman–Crippen MR) is 260 cm³/mol. The van der Waals surface area contributed by atoms with E-state index in [0.717, 1.165) is 77.9 Å². The van der Waals surface area contributed by atoms with Crippen molar-refractivity contribution in [1.82, 2.24) is 19.1 Å². The summed E-state index contributed by atoms with van der Waals surface area (Å²) in [6.07, 6.45) is 0. The molecule has 0 aliphatic heterocycles. The average molecular weight is 789 g/mol. The zero-order valence-electron chi connectivity index (χ0n) is 33.6. The quantitative estimate of drug-likeness (QED) is 0.174. The molecule has 0 N–H and O–H groups in total. The van der Waals surface area contributed by atoms with Crippen LogP contribution in [0.3, 0.4) is 0 Å². The lowest BCUT2D eigenvalue weighted by Crippen LogP contribution is -2.04. The molecule has 62 heavy (non-hydrogen) atoms. The Labute approximate surface area is 357 Å². The summed E-state index contributed by atoms with van der Waals surface area (Å²) in [5.41, 5.74) is 13.7. The van der Waals surface area contributed by atoms with Gasteiger partial charge >= 0.3 is 0 Å². The predicted octanol–water partition coefficient (Wildman–Crippen LogP) is 15.1. The maximum Gasteiger partial charge on any atom is 0.165 e. The van der Waals surface area contributed by atoms with E-state index in [9.17, 15) is 0 Å². The van der Waals surface area contributed by atoms with Crippen molar-refractivity contribution in [2.75, 3.05) is 0 Å². The van der Waals surface area contributed by atoms with E-state index in [4.69, 9.17) is 9.97 Å². The van der Waals surface area contributed by atoms with E-state index in [-0.39, 0.29) is 0 Å². The highest BCUT2D eigenvalue weighted by Gasteiger charge is 2.23. The molecule has 13 rings (SSSR count). The highest BCUT2D eigenvalue weighted by atomic mass is 15.1. The van der Waals surface area contributed by atoms with Gasteiger partial charge in [-0.3, -0.25) is 4.57 Å². The molecule has 0 saturated heterocycles. The Hall–Kier alpha value is -8.34. The number of hydrogen-bond donors (Lipinski definition) is 0. The second kappa shape index (κ2) is 13.6. The van der Waals surface area contributed by atoms with Gasteiger partial charge in [-0.1, -0.05) is 146 Å². The van der Waals surface area contributed by atoms with Gasteiger partial charge in [-0.15, -0.1) is 0 Å². The summed E-state index contributed by atoms with van der Waals surface area (Å²) in [5, 5.41) is 9.71. The largest absolute Gasteiger partial charge is 0.309 e. The third-order valence-electron chi connectivity index (χ3n) is 12.6. The molecule has 0 spiro atoms. The van der Waals surface area contributed by atoms with Gasteiger partial charge in [0, 0.05) is 32.8 Å². The number of rotatable bonds is 5. The van der Waals surface area contributed by atoms with E-state index in [1.165, 1.54) is 43.4 Å². The molecule has 4 nitrogen and oxygen atoms in total. The lowest BCUT2D eigenvalue weighted by molar-refractivity contribution is 1.08. The van der Waals surface area contributed by atoms with E-state index in [1.807, 2.05) is 12.1 Å². The van der Waals surface area contributed by atoms with Gasteiger partial charge in [-0.2, -0.15) is 0 Å². The van der Waals surface area contributed by atoms with E-state index in [2.05, 4.69) is 215 Å². The van der Waals surface area contributed by atoms with Gasteiger partial charge in [-0.05, 0) is 117 Å². The summed E-state index contributed by atoms with van der Waals surface area (Å²) in [6.45, 7) is 0. The van der Waals surface area contributed by atoms with Gasteiger partial charge in [0.15, 0.2) is 5.82 Å². The van der Waals surface area contributed by atoms with Crippen molar-refractivity contribution in [3.8, 4) is 45.0 Å². The fourth-order valence-corrected chi connectivity index (χ4v) is 9.78. The number of benzene rings is 10. The zero-order valence-corrected chi connectivity index (χ0v) is 33.6. The van der Waals surface area contributed by atoms with Crippen LogP contribution in [0.25, 0.3) is 121 Å². The van der Waals surface area contributed by atoms with Crippen molar-refractivity contribution in [3.05, 3.63) is 218 Å². The van der Waals surface area contributed by atoms with Crippen molar-refractivity contribution >= 4 is 76.2 Å². The topological polar surface area (TPSA) is 35.6 Å². The summed E-state index contributed by atoms with van der Waals surface area (Å²) in [5.74, 6) is 0.791.